The molecule has 1 heterocycles. The lowest BCUT2D eigenvalue weighted by Crippen LogP contribution is -2.47. The van der Waals surface area contributed by atoms with Crippen molar-refractivity contribution in [1.82, 2.24) is 5.32 Å². The summed E-state index contributed by atoms with van der Waals surface area (Å²) < 4.78 is 5.24. The Kier molecular flexibility index (Phi) is 3.31. The average Bonchev–Trinajstić information content (AvgIpc) is 2.21. The number of nitrogens with one attached hydrogen (secondary N) is 1. The Hall–Kier alpha value is -0.860. The lowest BCUT2D eigenvalue weighted by molar-refractivity contribution is -0.0991. The van der Waals surface area contributed by atoms with E-state index in [4.69, 9.17) is 4.74 Å². The van der Waals surface area contributed by atoms with E-state index < -0.39 is 0 Å². The molecule has 1 aliphatic heterocycles. The third-order valence-electron chi connectivity index (χ3n) is 3.27. The number of aryl methyl sites for hydroxylation is 2. The van der Waals surface area contributed by atoms with Gasteiger partial charge in [-0.25, -0.2) is 0 Å². The first-order valence-corrected chi connectivity index (χ1v) is 5.94. The summed E-state index contributed by atoms with van der Waals surface area (Å²) in [6.07, 6.45) is 0. The molecule has 2 nitrogen and oxygen atoms in total. The largest absolute Gasteiger partial charge is 0.380 e. The van der Waals surface area contributed by atoms with E-state index in [1.54, 1.807) is 0 Å². The van der Waals surface area contributed by atoms with E-state index in [0.717, 1.165) is 26.3 Å². The van der Waals surface area contributed by atoms with Crippen LogP contribution < -0.4 is 5.32 Å². The topological polar surface area (TPSA) is 21.3 Å². The maximum Gasteiger partial charge on any atom is 0.0554 e. The van der Waals surface area contributed by atoms with E-state index in [1.807, 2.05) is 0 Å². The summed E-state index contributed by atoms with van der Waals surface area (Å²) in [7, 11) is 0. The second-order valence-electron chi connectivity index (χ2n) is 5.34. The number of benzene rings is 1. The molecule has 1 N–H and O–H groups in total. The predicted molar refractivity (Wildman–Crippen MR) is 66.5 cm³/mol. The Bertz CT molecular complexity index is 369. The third-order valence-corrected chi connectivity index (χ3v) is 3.27. The first-order valence-electron chi connectivity index (χ1n) is 5.94. The second-order valence-corrected chi connectivity index (χ2v) is 5.34. The summed E-state index contributed by atoms with van der Waals surface area (Å²) in [4.78, 5) is 0. The average molecular weight is 219 g/mol. The van der Waals surface area contributed by atoms with E-state index in [0.29, 0.717) is 5.41 Å². The maximum absolute atomic E-state index is 5.24. The standard InChI is InChI=1S/C14H21NO/c1-11-4-5-12(2)13(6-11)7-15-8-14(3)9-16-10-14/h4-6,15H,7-10H2,1-3H3. The molecule has 0 unspecified atom stereocenters. The van der Waals surface area contributed by atoms with Gasteiger partial charge in [-0.2, -0.15) is 0 Å². The normalized spacial score (nSPS) is 18.2. The van der Waals surface area contributed by atoms with Crippen molar-refractivity contribution in [3.8, 4) is 0 Å². The highest BCUT2D eigenvalue weighted by Crippen LogP contribution is 2.25. The molecular weight excluding hydrogens is 198 g/mol. The maximum atomic E-state index is 5.24. The van der Waals surface area contributed by atoms with Crippen molar-refractivity contribution in [1.29, 1.82) is 0 Å². The molecule has 1 aliphatic rings. The molecule has 2 rings (SSSR count). The Morgan fingerprint density at radius 2 is 2.06 bits per heavy atom. The summed E-state index contributed by atoms with van der Waals surface area (Å²) in [6.45, 7) is 10.4. The summed E-state index contributed by atoms with van der Waals surface area (Å²) in [5, 5.41) is 3.53. The SMILES string of the molecule is Cc1ccc(C)c(CNCC2(C)COC2)c1. The van der Waals surface area contributed by atoms with Crippen molar-refractivity contribution in [2.75, 3.05) is 19.8 Å². The van der Waals surface area contributed by atoms with Gasteiger partial charge in [0.05, 0.1) is 13.2 Å². The molecule has 16 heavy (non-hydrogen) atoms. The number of ether oxygens (including phenoxy) is 1. The predicted octanol–water partition coefficient (Wildman–Crippen LogP) is 2.43. The van der Waals surface area contributed by atoms with E-state index in [2.05, 4.69) is 44.3 Å². The van der Waals surface area contributed by atoms with Gasteiger partial charge in [-0.15, -0.1) is 0 Å². The molecule has 0 aromatic heterocycles. The smallest absolute Gasteiger partial charge is 0.0554 e. The molecule has 1 aromatic carbocycles. The Morgan fingerprint density at radius 3 is 2.69 bits per heavy atom. The fourth-order valence-electron chi connectivity index (χ4n) is 2.04. The van der Waals surface area contributed by atoms with Gasteiger partial charge in [0, 0.05) is 18.5 Å². The van der Waals surface area contributed by atoms with Crippen LogP contribution >= 0.6 is 0 Å². The summed E-state index contributed by atoms with van der Waals surface area (Å²) >= 11 is 0. The molecule has 88 valence electrons. The molecule has 1 saturated heterocycles. The Balaban J connectivity index is 1.87. The van der Waals surface area contributed by atoms with E-state index in [1.165, 1.54) is 16.7 Å². The van der Waals surface area contributed by atoms with E-state index in [9.17, 15) is 0 Å². The van der Waals surface area contributed by atoms with Gasteiger partial charge in [-0.3, -0.25) is 0 Å². The minimum Gasteiger partial charge on any atom is -0.380 e. The van der Waals surface area contributed by atoms with Gasteiger partial charge in [0.25, 0.3) is 0 Å². The quantitative estimate of drug-likeness (QED) is 0.839. The van der Waals surface area contributed by atoms with Crippen molar-refractivity contribution in [3.05, 3.63) is 34.9 Å². The van der Waals surface area contributed by atoms with Crippen molar-refractivity contribution < 1.29 is 4.74 Å². The number of rotatable bonds is 4. The fraction of sp³-hybridized carbons (Fsp3) is 0.571. The van der Waals surface area contributed by atoms with Crippen LogP contribution in [0.3, 0.4) is 0 Å². The van der Waals surface area contributed by atoms with Gasteiger partial charge < -0.3 is 10.1 Å². The summed E-state index contributed by atoms with van der Waals surface area (Å²) in [5.74, 6) is 0. The van der Waals surface area contributed by atoms with Gasteiger partial charge in [0.15, 0.2) is 0 Å². The van der Waals surface area contributed by atoms with Gasteiger partial charge in [-0.05, 0) is 25.0 Å². The van der Waals surface area contributed by atoms with Crippen LogP contribution in [0.5, 0.6) is 0 Å². The number of hydrogen-bond donors (Lipinski definition) is 1. The van der Waals surface area contributed by atoms with E-state index >= 15 is 0 Å². The zero-order valence-electron chi connectivity index (χ0n) is 10.5. The van der Waals surface area contributed by atoms with Crippen molar-refractivity contribution in [2.45, 2.75) is 27.3 Å². The number of hydrogen-bond acceptors (Lipinski definition) is 2. The molecule has 1 aromatic rings. The minimum absolute atomic E-state index is 0.359. The molecule has 0 saturated carbocycles. The molecule has 0 atom stereocenters. The molecule has 0 aliphatic carbocycles. The lowest BCUT2D eigenvalue weighted by atomic mass is 9.88. The third kappa shape index (κ3) is 2.63. The van der Waals surface area contributed by atoms with Crippen molar-refractivity contribution in [3.63, 3.8) is 0 Å². The van der Waals surface area contributed by atoms with Crippen LogP contribution in [0.4, 0.5) is 0 Å². The van der Waals surface area contributed by atoms with Crippen molar-refractivity contribution >= 4 is 0 Å². The Labute approximate surface area is 98.0 Å². The summed E-state index contributed by atoms with van der Waals surface area (Å²) in [6, 6.07) is 6.63. The van der Waals surface area contributed by atoms with Crippen LogP contribution in [0, 0.1) is 19.3 Å². The van der Waals surface area contributed by atoms with E-state index in [-0.39, 0.29) is 0 Å². The van der Waals surface area contributed by atoms with Crippen LogP contribution in [-0.2, 0) is 11.3 Å². The molecule has 0 radical (unpaired) electrons. The van der Waals surface area contributed by atoms with Crippen LogP contribution in [0.2, 0.25) is 0 Å². The highest BCUT2D eigenvalue weighted by molar-refractivity contribution is 5.30. The highest BCUT2D eigenvalue weighted by atomic mass is 16.5. The molecule has 0 bridgehead atoms. The van der Waals surface area contributed by atoms with Gasteiger partial charge in [-0.1, -0.05) is 30.7 Å². The van der Waals surface area contributed by atoms with Crippen molar-refractivity contribution in [2.24, 2.45) is 5.41 Å². The zero-order valence-corrected chi connectivity index (χ0v) is 10.5. The zero-order chi connectivity index (χ0) is 11.6. The monoisotopic (exact) mass is 219 g/mol. The molecular formula is C14H21NO. The van der Waals surface area contributed by atoms with Gasteiger partial charge in [0.1, 0.15) is 0 Å². The van der Waals surface area contributed by atoms with Crippen LogP contribution in [0.25, 0.3) is 0 Å². The molecule has 2 heteroatoms. The van der Waals surface area contributed by atoms with Gasteiger partial charge >= 0.3 is 0 Å². The minimum atomic E-state index is 0.359. The van der Waals surface area contributed by atoms with Gasteiger partial charge in [0.2, 0.25) is 0 Å². The second kappa shape index (κ2) is 4.56. The van der Waals surface area contributed by atoms with Crippen LogP contribution in [-0.4, -0.2) is 19.8 Å². The molecule has 1 fully saturated rings. The Morgan fingerprint density at radius 1 is 1.31 bits per heavy atom. The first kappa shape index (κ1) is 11.6. The first-order chi connectivity index (χ1) is 7.59. The summed E-state index contributed by atoms with van der Waals surface area (Å²) in [5.41, 5.74) is 4.47. The molecule has 0 spiro atoms. The van der Waals surface area contributed by atoms with Crippen LogP contribution in [0.1, 0.15) is 23.6 Å². The lowest BCUT2D eigenvalue weighted by Gasteiger charge is -2.38. The van der Waals surface area contributed by atoms with Crippen LogP contribution in [0.15, 0.2) is 18.2 Å². The fourth-order valence-corrected chi connectivity index (χ4v) is 2.04. The highest BCUT2D eigenvalue weighted by Gasteiger charge is 2.32. The molecule has 0 amide bonds.